The van der Waals surface area contributed by atoms with Gasteiger partial charge in [0.1, 0.15) is 11.6 Å². The Labute approximate surface area is 159 Å². The Morgan fingerprint density at radius 1 is 1.15 bits per heavy atom. The van der Waals surface area contributed by atoms with E-state index in [4.69, 9.17) is 16.3 Å². The van der Waals surface area contributed by atoms with Crippen LogP contribution in [-0.4, -0.2) is 48.6 Å². The zero-order valence-electron chi connectivity index (χ0n) is 15.2. The summed E-state index contributed by atoms with van der Waals surface area (Å²) in [6.45, 7) is 7.45. The predicted molar refractivity (Wildman–Crippen MR) is 104 cm³/mol. The highest BCUT2D eigenvalue weighted by Gasteiger charge is 2.21. The van der Waals surface area contributed by atoms with Gasteiger partial charge in [-0.2, -0.15) is 0 Å². The first-order chi connectivity index (χ1) is 12.5. The molecule has 0 spiro atoms. The SMILES string of the molecule is Cc1cccc(OCCC(=O)N2CCN(c3ccc(Cl)cn3)CC2)c1C. The minimum Gasteiger partial charge on any atom is -0.493 e. The van der Waals surface area contributed by atoms with Gasteiger partial charge in [0.05, 0.1) is 18.1 Å². The first kappa shape index (κ1) is 18.5. The van der Waals surface area contributed by atoms with Crippen LogP contribution in [0.2, 0.25) is 5.02 Å². The van der Waals surface area contributed by atoms with Crippen LogP contribution in [0.25, 0.3) is 0 Å². The maximum absolute atomic E-state index is 12.4. The Kier molecular flexibility index (Phi) is 5.99. The summed E-state index contributed by atoms with van der Waals surface area (Å²) in [7, 11) is 0. The average molecular weight is 374 g/mol. The van der Waals surface area contributed by atoms with Crippen molar-refractivity contribution in [1.82, 2.24) is 9.88 Å². The van der Waals surface area contributed by atoms with E-state index in [1.54, 1.807) is 6.20 Å². The molecule has 2 aromatic rings. The minimum absolute atomic E-state index is 0.138. The average Bonchev–Trinajstić information content (AvgIpc) is 2.66. The molecule has 1 fully saturated rings. The molecule has 1 amide bonds. The lowest BCUT2D eigenvalue weighted by Crippen LogP contribution is -2.49. The number of aromatic nitrogens is 1. The number of hydrogen-bond donors (Lipinski definition) is 0. The molecule has 0 N–H and O–H groups in total. The second-order valence-corrected chi connectivity index (χ2v) is 6.94. The Morgan fingerprint density at radius 3 is 2.62 bits per heavy atom. The molecule has 1 aliphatic rings. The van der Waals surface area contributed by atoms with Gasteiger partial charge >= 0.3 is 0 Å². The van der Waals surface area contributed by atoms with Crippen LogP contribution in [0.15, 0.2) is 36.5 Å². The molecule has 3 rings (SSSR count). The molecular formula is C20H24ClN3O2. The summed E-state index contributed by atoms with van der Waals surface area (Å²) >= 11 is 5.88. The Morgan fingerprint density at radius 2 is 1.92 bits per heavy atom. The third-order valence-corrected chi connectivity index (χ3v) is 5.02. The number of benzene rings is 1. The standard InChI is InChI=1S/C20H24ClN3O2/c1-15-4-3-5-18(16(15)2)26-13-8-20(25)24-11-9-23(10-12-24)19-7-6-17(21)14-22-19/h3-7,14H,8-13H2,1-2H3. The van der Waals surface area contributed by atoms with E-state index in [2.05, 4.69) is 22.9 Å². The van der Waals surface area contributed by atoms with Gasteiger partial charge in [-0.1, -0.05) is 23.7 Å². The molecule has 0 radical (unpaired) electrons. The number of anilines is 1. The largest absolute Gasteiger partial charge is 0.493 e. The Bertz CT molecular complexity index is 756. The Hall–Kier alpha value is -2.27. The molecule has 26 heavy (non-hydrogen) atoms. The zero-order valence-corrected chi connectivity index (χ0v) is 16.0. The molecule has 1 aromatic carbocycles. The quantitative estimate of drug-likeness (QED) is 0.805. The summed E-state index contributed by atoms with van der Waals surface area (Å²) in [6, 6.07) is 9.74. The number of hydrogen-bond acceptors (Lipinski definition) is 4. The molecule has 0 bridgehead atoms. The number of aryl methyl sites for hydroxylation is 1. The van der Waals surface area contributed by atoms with Crippen molar-refractivity contribution in [1.29, 1.82) is 0 Å². The van der Waals surface area contributed by atoms with Crippen molar-refractivity contribution in [2.75, 3.05) is 37.7 Å². The van der Waals surface area contributed by atoms with Gasteiger partial charge in [0.15, 0.2) is 0 Å². The molecule has 1 aliphatic heterocycles. The number of halogens is 1. The first-order valence-corrected chi connectivity index (χ1v) is 9.25. The zero-order chi connectivity index (χ0) is 18.5. The molecule has 2 heterocycles. The summed E-state index contributed by atoms with van der Waals surface area (Å²) in [5.41, 5.74) is 2.32. The second-order valence-electron chi connectivity index (χ2n) is 6.50. The number of rotatable bonds is 5. The molecule has 0 saturated carbocycles. The van der Waals surface area contributed by atoms with Crippen LogP contribution in [0, 0.1) is 13.8 Å². The summed E-state index contributed by atoms with van der Waals surface area (Å²) in [5.74, 6) is 1.90. The number of pyridine rings is 1. The summed E-state index contributed by atoms with van der Waals surface area (Å²) in [4.78, 5) is 20.8. The third kappa shape index (κ3) is 4.47. The van der Waals surface area contributed by atoms with Crippen molar-refractivity contribution in [3.05, 3.63) is 52.7 Å². The van der Waals surface area contributed by atoms with Crippen LogP contribution in [-0.2, 0) is 4.79 Å². The van der Waals surface area contributed by atoms with E-state index in [9.17, 15) is 4.79 Å². The highest BCUT2D eigenvalue weighted by molar-refractivity contribution is 6.30. The molecule has 1 aromatic heterocycles. The summed E-state index contributed by atoms with van der Waals surface area (Å²) in [6.07, 6.45) is 2.05. The molecule has 0 aliphatic carbocycles. The van der Waals surface area contributed by atoms with Crippen molar-refractivity contribution in [2.45, 2.75) is 20.3 Å². The van der Waals surface area contributed by atoms with E-state index in [0.29, 0.717) is 31.1 Å². The van der Waals surface area contributed by atoms with Gasteiger partial charge in [0.2, 0.25) is 5.91 Å². The lowest BCUT2D eigenvalue weighted by molar-refractivity contribution is -0.132. The highest BCUT2D eigenvalue weighted by atomic mass is 35.5. The van der Waals surface area contributed by atoms with Crippen LogP contribution in [0.5, 0.6) is 5.75 Å². The monoisotopic (exact) mass is 373 g/mol. The third-order valence-electron chi connectivity index (χ3n) is 4.80. The van der Waals surface area contributed by atoms with Gasteiger partial charge < -0.3 is 14.5 Å². The van der Waals surface area contributed by atoms with E-state index in [1.165, 1.54) is 5.56 Å². The van der Waals surface area contributed by atoms with Gasteiger partial charge in [0.25, 0.3) is 0 Å². The van der Waals surface area contributed by atoms with Gasteiger partial charge in [-0.25, -0.2) is 4.98 Å². The molecular weight excluding hydrogens is 350 g/mol. The molecule has 0 unspecified atom stereocenters. The van der Waals surface area contributed by atoms with Crippen molar-refractivity contribution < 1.29 is 9.53 Å². The van der Waals surface area contributed by atoms with Crippen molar-refractivity contribution in [3.63, 3.8) is 0 Å². The van der Waals surface area contributed by atoms with Gasteiger partial charge in [0, 0.05) is 32.4 Å². The van der Waals surface area contributed by atoms with Crippen LogP contribution < -0.4 is 9.64 Å². The van der Waals surface area contributed by atoms with Crippen molar-refractivity contribution in [3.8, 4) is 5.75 Å². The molecule has 6 heteroatoms. The minimum atomic E-state index is 0.138. The van der Waals surface area contributed by atoms with Crippen LogP contribution in [0.4, 0.5) is 5.82 Å². The molecule has 1 saturated heterocycles. The predicted octanol–water partition coefficient (Wildman–Crippen LogP) is 3.47. The van der Waals surface area contributed by atoms with Crippen LogP contribution >= 0.6 is 11.6 Å². The van der Waals surface area contributed by atoms with E-state index in [-0.39, 0.29) is 5.91 Å². The highest BCUT2D eigenvalue weighted by Crippen LogP contribution is 2.21. The number of amides is 1. The fraction of sp³-hybridized carbons (Fsp3) is 0.400. The van der Waals surface area contributed by atoms with E-state index in [1.807, 2.05) is 36.1 Å². The smallest absolute Gasteiger partial charge is 0.226 e. The van der Waals surface area contributed by atoms with Gasteiger partial charge in [-0.3, -0.25) is 4.79 Å². The fourth-order valence-electron chi connectivity index (χ4n) is 3.03. The number of carbonyl (C=O) groups is 1. The normalized spacial score (nSPS) is 14.4. The van der Waals surface area contributed by atoms with Crippen LogP contribution in [0.1, 0.15) is 17.5 Å². The summed E-state index contributed by atoms with van der Waals surface area (Å²) in [5, 5.41) is 0.631. The van der Waals surface area contributed by atoms with Gasteiger partial charge in [-0.15, -0.1) is 0 Å². The van der Waals surface area contributed by atoms with Gasteiger partial charge in [-0.05, 0) is 43.2 Å². The molecule has 138 valence electrons. The van der Waals surface area contributed by atoms with Crippen molar-refractivity contribution >= 4 is 23.3 Å². The fourth-order valence-corrected chi connectivity index (χ4v) is 3.14. The topological polar surface area (TPSA) is 45.7 Å². The number of carbonyl (C=O) groups excluding carboxylic acids is 1. The lowest BCUT2D eigenvalue weighted by atomic mass is 10.1. The van der Waals surface area contributed by atoms with Crippen LogP contribution in [0.3, 0.4) is 0 Å². The van der Waals surface area contributed by atoms with E-state index >= 15 is 0 Å². The summed E-state index contributed by atoms with van der Waals surface area (Å²) < 4.78 is 5.80. The molecule has 5 nitrogen and oxygen atoms in total. The number of ether oxygens (including phenoxy) is 1. The van der Waals surface area contributed by atoms with E-state index < -0.39 is 0 Å². The van der Waals surface area contributed by atoms with Crippen molar-refractivity contribution in [2.24, 2.45) is 0 Å². The first-order valence-electron chi connectivity index (χ1n) is 8.88. The molecule has 0 atom stereocenters. The Balaban J connectivity index is 1.45. The van der Waals surface area contributed by atoms with E-state index in [0.717, 1.165) is 30.2 Å². The lowest BCUT2D eigenvalue weighted by Gasteiger charge is -2.35. The number of piperazine rings is 1. The second kappa shape index (κ2) is 8.41. The maximum Gasteiger partial charge on any atom is 0.226 e. The maximum atomic E-state index is 12.4. The number of nitrogens with zero attached hydrogens (tertiary/aromatic N) is 3.